The molecule has 0 fully saturated rings. The number of amides is 7. The molecule has 300 valence electrons. The van der Waals surface area contributed by atoms with Gasteiger partial charge in [0.2, 0.25) is 41.4 Å². The summed E-state index contributed by atoms with van der Waals surface area (Å²) in [5.74, 6) is -7.85. The average Bonchev–Trinajstić information content (AvgIpc) is 3.11. The molecule has 2 aromatic carbocycles. The molecule has 6 atom stereocenters. The number of hydrogen-bond acceptors (Lipinski definition) is 10. The zero-order valence-corrected chi connectivity index (χ0v) is 31.5. The van der Waals surface area contributed by atoms with Gasteiger partial charge >= 0.3 is 5.97 Å². The third-order valence-electron chi connectivity index (χ3n) is 8.37. The van der Waals surface area contributed by atoms with Crippen molar-refractivity contribution in [1.29, 1.82) is 0 Å². The molecule has 0 radical (unpaired) electrons. The number of nitrogens with one attached hydrogen (secondary N) is 6. The molecule has 12 N–H and O–H groups in total. The van der Waals surface area contributed by atoms with Crippen molar-refractivity contribution in [3.05, 3.63) is 65.7 Å². The minimum Gasteiger partial charge on any atom is -0.508 e. The SMILES string of the molecule is CC(C)[C@H](NC(=O)CNC(=O)[C@H](Cc1ccccc1)NC(=O)[C@@H](C)NC(=O)[C@@H](N)Cc1ccc(O)cc1)C(=O)N[C@H](C(=O)N[C@@H](CC(=O)O)C(N)=O)C(C)C. The van der Waals surface area contributed by atoms with E-state index in [4.69, 9.17) is 16.6 Å². The smallest absolute Gasteiger partial charge is 0.305 e. The highest BCUT2D eigenvalue weighted by atomic mass is 16.4. The third kappa shape index (κ3) is 15.5. The standard InChI is InChI=1S/C37H52N8O10/c1-19(2)30(37(55)45-31(20(3)4)36(54)42-26(32(39)50)17-29(48)49)44-28(47)18-40-35(53)27(16-22-9-7-6-8-10-22)43-33(51)21(5)41-34(52)25(38)15-23-11-13-24(46)14-12-23/h6-14,19-21,25-27,30-31,46H,15-18,38H2,1-5H3,(H2,39,50)(H,40,53)(H,41,52)(H,42,54)(H,43,51)(H,44,47)(H,45,55)(H,48,49)/t21-,25+,26+,27+,30+,31+/m1/s1. The second kappa shape index (κ2) is 21.6. The fraction of sp³-hybridized carbons (Fsp3) is 0.459. The summed E-state index contributed by atoms with van der Waals surface area (Å²) in [6, 6.07) is 7.65. The zero-order chi connectivity index (χ0) is 41.4. The first-order valence-corrected chi connectivity index (χ1v) is 17.7. The lowest BCUT2D eigenvalue weighted by molar-refractivity contribution is -0.140. The largest absolute Gasteiger partial charge is 0.508 e. The third-order valence-corrected chi connectivity index (χ3v) is 8.37. The highest BCUT2D eigenvalue weighted by Crippen LogP contribution is 2.12. The van der Waals surface area contributed by atoms with Crippen LogP contribution < -0.4 is 43.4 Å². The molecule has 0 aliphatic rings. The lowest BCUT2D eigenvalue weighted by atomic mass is 9.99. The summed E-state index contributed by atoms with van der Waals surface area (Å²) >= 11 is 0. The number of nitrogens with two attached hydrogens (primary N) is 2. The van der Waals surface area contributed by atoms with Crippen LogP contribution in [0.2, 0.25) is 0 Å². The van der Waals surface area contributed by atoms with Gasteiger partial charge in [-0.15, -0.1) is 0 Å². The van der Waals surface area contributed by atoms with Crippen molar-refractivity contribution in [2.24, 2.45) is 23.3 Å². The molecule has 0 heterocycles. The summed E-state index contributed by atoms with van der Waals surface area (Å²) in [4.78, 5) is 101. The molecule has 0 unspecified atom stereocenters. The summed E-state index contributed by atoms with van der Waals surface area (Å²) in [6.07, 6.45) is -0.597. The van der Waals surface area contributed by atoms with Gasteiger partial charge in [-0.3, -0.25) is 38.4 Å². The number of aliphatic carboxylic acids is 1. The molecular weight excluding hydrogens is 716 g/mol. The van der Waals surface area contributed by atoms with Crippen molar-refractivity contribution < 1.29 is 48.6 Å². The first-order valence-electron chi connectivity index (χ1n) is 17.7. The van der Waals surface area contributed by atoms with Crippen LogP contribution in [0.3, 0.4) is 0 Å². The monoisotopic (exact) mass is 768 g/mol. The van der Waals surface area contributed by atoms with Gasteiger partial charge in [0, 0.05) is 6.42 Å². The van der Waals surface area contributed by atoms with Crippen molar-refractivity contribution in [3.8, 4) is 5.75 Å². The van der Waals surface area contributed by atoms with Crippen LogP contribution in [0, 0.1) is 11.8 Å². The van der Waals surface area contributed by atoms with Crippen molar-refractivity contribution in [2.45, 2.75) is 90.1 Å². The van der Waals surface area contributed by atoms with Gasteiger partial charge in [-0.25, -0.2) is 0 Å². The number of hydrogen-bond donors (Lipinski definition) is 10. The lowest BCUT2D eigenvalue weighted by Gasteiger charge is -2.28. The fourth-order valence-electron chi connectivity index (χ4n) is 5.21. The lowest BCUT2D eigenvalue weighted by Crippen LogP contribution is -2.59. The van der Waals surface area contributed by atoms with E-state index in [1.54, 1.807) is 70.2 Å². The second-order valence-electron chi connectivity index (χ2n) is 13.8. The molecule has 0 saturated heterocycles. The number of carboxylic acids is 1. The molecule has 0 aliphatic carbocycles. The summed E-state index contributed by atoms with van der Waals surface area (Å²) in [6.45, 7) is 7.30. The van der Waals surface area contributed by atoms with Crippen molar-refractivity contribution in [1.82, 2.24) is 31.9 Å². The first kappa shape index (κ1) is 45.1. The van der Waals surface area contributed by atoms with Gasteiger partial charge in [-0.2, -0.15) is 0 Å². The van der Waals surface area contributed by atoms with E-state index in [1.807, 2.05) is 0 Å². The Morgan fingerprint density at radius 1 is 0.618 bits per heavy atom. The zero-order valence-electron chi connectivity index (χ0n) is 31.5. The van der Waals surface area contributed by atoms with E-state index in [0.29, 0.717) is 11.1 Å². The average molecular weight is 769 g/mol. The van der Waals surface area contributed by atoms with Crippen LogP contribution in [-0.4, -0.2) is 100 Å². The van der Waals surface area contributed by atoms with Crippen molar-refractivity contribution >= 4 is 47.3 Å². The van der Waals surface area contributed by atoms with Gasteiger partial charge in [0.1, 0.15) is 36.0 Å². The molecule has 0 saturated carbocycles. The van der Waals surface area contributed by atoms with E-state index >= 15 is 0 Å². The van der Waals surface area contributed by atoms with Gasteiger partial charge in [-0.1, -0.05) is 70.2 Å². The molecule has 0 bridgehead atoms. The van der Waals surface area contributed by atoms with E-state index in [-0.39, 0.29) is 18.6 Å². The number of phenols is 1. The predicted octanol–water partition coefficient (Wildman–Crippen LogP) is -1.66. The van der Waals surface area contributed by atoms with Crippen LogP contribution >= 0.6 is 0 Å². The molecule has 2 aromatic rings. The molecule has 0 aliphatic heterocycles. The molecule has 7 amide bonds. The first-order chi connectivity index (χ1) is 25.8. The molecule has 18 nitrogen and oxygen atoms in total. The molecular formula is C37H52N8O10. The summed E-state index contributed by atoms with van der Waals surface area (Å²) in [5.41, 5.74) is 12.6. The maximum absolute atomic E-state index is 13.4. The number of primary amides is 1. The fourth-order valence-corrected chi connectivity index (χ4v) is 5.21. The van der Waals surface area contributed by atoms with Gasteiger partial charge in [0.05, 0.1) is 19.0 Å². The van der Waals surface area contributed by atoms with Crippen LogP contribution in [0.15, 0.2) is 54.6 Å². The number of carbonyl (C=O) groups excluding carboxylic acids is 7. The van der Waals surface area contributed by atoms with Crippen LogP contribution in [0.4, 0.5) is 0 Å². The van der Waals surface area contributed by atoms with Gasteiger partial charge in [0.25, 0.3) is 0 Å². The Kier molecular flexibility index (Phi) is 17.7. The van der Waals surface area contributed by atoms with Crippen molar-refractivity contribution in [3.63, 3.8) is 0 Å². The summed E-state index contributed by atoms with van der Waals surface area (Å²) < 4.78 is 0. The van der Waals surface area contributed by atoms with Crippen LogP contribution in [0.5, 0.6) is 5.75 Å². The highest BCUT2D eigenvalue weighted by Gasteiger charge is 2.33. The van der Waals surface area contributed by atoms with Crippen molar-refractivity contribution in [2.75, 3.05) is 6.54 Å². The maximum atomic E-state index is 13.4. The van der Waals surface area contributed by atoms with E-state index in [1.165, 1.54) is 19.1 Å². The van der Waals surface area contributed by atoms with Crippen LogP contribution in [0.1, 0.15) is 52.2 Å². The van der Waals surface area contributed by atoms with Crippen LogP contribution in [-0.2, 0) is 51.2 Å². The Balaban J connectivity index is 2.07. The minimum atomic E-state index is -1.52. The number of carboxylic acid groups (broad SMARTS) is 1. The number of aromatic hydroxyl groups is 1. The quantitative estimate of drug-likeness (QED) is 0.0685. The molecule has 18 heteroatoms. The van der Waals surface area contributed by atoms with E-state index in [0.717, 1.165) is 0 Å². The van der Waals surface area contributed by atoms with Gasteiger partial charge in [-0.05, 0) is 48.4 Å². The highest BCUT2D eigenvalue weighted by molar-refractivity contribution is 5.97. The Morgan fingerprint density at radius 3 is 1.69 bits per heavy atom. The van der Waals surface area contributed by atoms with Crippen LogP contribution in [0.25, 0.3) is 0 Å². The molecule has 2 rings (SSSR count). The summed E-state index contributed by atoms with van der Waals surface area (Å²) in [5, 5.41) is 33.4. The van der Waals surface area contributed by atoms with E-state index < -0.39 is 108 Å². The minimum absolute atomic E-state index is 0.0276. The topological polar surface area (TPSA) is 301 Å². The summed E-state index contributed by atoms with van der Waals surface area (Å²) in [7, 11) is 0. The molecule has 0 spiro atoms. The Labute approximate surface area is 318 Å². The molecule has 55 heavy (non-hydrogen) atoms. The van der Waals surface area contributed by atoms with Gasteiger partial charge < -0.3 is 53.6 Å². The molecule has 0 aromatic heterocycles. The number of benzene rings is 2. The Bertz CT molecular complexity index is 1670. The number of phenolic OH excluding ortho intramolecular Hbond substituents is 1. The Hall–Kier alpha value is -6.04. The van der Waals surface area contributed by atoms with E-state index in [9.17, 15) is 43.5 Å². The Morgan fingerprint density at radius 2 is 1.15 bits per heavy atom. The second-order valence-corrected chi connectivity index (χ2v) is 13.8. The van der Waals surface area contributed by atoms with Gasteiger partial charge in [0.15, 0.2) is 0 Å². The number of rotatable bonds is 21. The number of carbonyl (C=O) groups is 8. The maximum Gasteiger partial charge on any atom is 0.305 e. The normalized spacial score (nSPS) is 14.3. The predicted molar refractivity (Wildman–Crippen MR) is 199 cm³/mol. The van der Waals surface area contributed by atoms with E-state index in [2.05, 4.69) is 31.9 Å².